The van der Waals surface area contributed by atoms with Crippen molar-refractivity contribution in [1.82, 2.24) is 0 Å². The van der Waals surface area contributed by atoms with Gasteiger partial charge < -0.3 is 0 Å². The molecule has 0 spiro atoms. The highest BCUT2D eigenvalue weighted by Crippen LogP contribution is 2.31. The molecule has 0 unspecified atom stereocenters. The Bertz CT molecular complexity index is 1700. The van der Waals surface area contributed by atoms with E-state index in [2.05, 4.69) is 214 Å². The van der Waals surface area contributed by atoms with Gasteiger partial charge in [0.25, 0.3) is 0 Å². The fourth-order valence-electron chi connectivity index (χ4n) is 6.44. The van der Waals surface area contributed by atoms with Gasteiger partial charge in [-0.3, -0.25) is 0 Å². The van der Waals surface area contributed by atoms with Crippen LogP contribution in [-0.2, 0) is 10.9 Å². The topological polar surface area (TPSA) is 0 Å². The van der Waals surface area contributed by atoms with E-state index >= 15 is 0 Å². The van der Waals surface area contributed by atoms with Crippen molar-refractivity contribution in [1.29, 1.82) is 0 Å². The molecule has 0 amide bonds. The molecule has 7 aromatic rings. The van der Waals surface area contributed by atoms with Crippen LogP contribution < -0.4 is 21.9 Å². The molecular formula is C44H39BS. The quantitative estimate of drug-likeness (QED) is 0.126. The van der Waals surface area contributed by atoms with Crippen LogP contribution in [0, 0.1) is 13.8 Å². The standard InChI is InChI=1S/C24H20B.C20H19S/c1-5-13-21(14-6-1)25(22-15-7-2-8-16-22,23-17-9-3-10-18-23)24-19-11-4-12-20-24;1-16-8-12-19(13-9-16)21(18-6-4-3-5-7-18)20-14-10-17(2)11-15-20/h1-20H;3-15H,1-2H3/q-1;+1. The number of hydrogen-bond donors (Lipinski definition) is 0. The summed E-state index contributed by atoms with van der Waals surface area (Å²) in [6, 6.07) is 72.1. The molecule has 2 heteroatoms. The molecular weight excluding hydrogens is 571 g/mol. The van der Waals surface area contributed by atoms with E-state index in [1.807, 2.05) is 0 Å². The van der Waals surface area contributed by atoms with E-state index in [9.17, 15) is 0 Å². The van der Waals surface area contributed by atoms with Gasteiger partial charge in [-0.05, 0) is 50.2 Å². The summed E-state index contributed by atoms with van der Waals surface area (Å²) in [6.45, 7) is 4.27. The molecule has 7 rings (SSSR count). The Morgan fingerprint density at radius 3 is 0.804 bits per heavy atom. The normalized spacial score (nSPS) is 11.0. The minimum Gasteiger partial charge on any atom is -0.195 e. The molecule has 0 radical (unpaired) electrons. The molecule has 0 saturated carbocycles. The molecule has 7 aromatic carbocycles. The lowest BCUT2D eigenvalue weighted by atomic mass is 9.13. The third-order valence-corrected chi connectivity index (χ3v) is 10.9. The van der Waals surface area contributed by atoms with Crippen LogP contribution in [-0.4, -0.2) is 6.15 Å². The van der Waals surface area contributed by atoms with Gasteiger partial charge >= 0.3 is 0 Å². The van der Waals surface area contributed by atoms with Gasteiger partial charge in [0.2, 0.25) is 0 Å². The maximum atomic E-state index is 2.26. The van der Waals surface area contributed by atoms with E-state index < -0.39 is 6.15 Å². The van der Waals surface area contributed by atoms with E-state index in [4.69, 9.17) is 0 Å². The highest BCUT2D eigenvalue weighted by Gasteiger charge is 2.31. The number of aryl methyl sites for hydroxylation is 2. The monoisotopic (exact) mass is 610 g/mol. The zero-order chi connectivity index (χ0) is 31.6. The number of rotatable bonds is 7. The number of benzene rings is 7. The minimum absolute atomic E-state index is 0.0312. The lowest BCUT2D eigenvalue weighted by molar-refractivity contribution is 1.29. The Labute approximate surface area is 277 Å². The first-order valence-electron chi connectivity index (χ1n) is 16.0. The van der Waals surface area contributed by atoms with Gasteiger partial charge in [0, 0.05) is 0 Å². The highest BCUT2D eigenvalue weighted by molar-refractivity contribution is 7.97. The van der Waals surface area contributed by atoms with Crippen molar-refractivity contribution in [3.63, 3.8) is 0 Å². The summed E-state index contributed by atoms with van der Waals surface area (Å²) < 4.78 is 0. The van der Waals surface area contributed by atoms with Crippen LogP contribution in [0.1, 0.15) is 11.1 Å². The van der Waals surface area contributed by atoms with Gasteiger partial charge in [-0.2, -0.15) is 21.9 Å². The highest BCUT2D eigenvalue weighted by atomic mass is 32.2. The van der Waals surface area contributed by atoms with Gasteiger partial charge in [-0.1, -0.05) is 175 Å². The van der Waals surface area contributed by atoms with Crippen molar-refractivity contribution in [3.05, 3.63) is 211 Å². The van der Waals surface area contributed by atoms with Crippen molar-refractivity contribution in [2.24, 2.45) is 0 Å². The summed E-state index contributed by atoms with van der Waals surface area (Å²) in [5.74, 6) is 0. The van der Waals surface area contributed by atoms with Crippen LogP contribution in [0.5, 0.6) is 0 Å². The first-order valence-corrected chi connectivity index (χ1v) is 17.2. The fourth-order valence-corrected chi connectivity index (χ4v) is 8.50. The predicted octanol–water partition coefficient (Wildman–Crippen LogP) is 8.46. The molecule has 46 heavy (non-hydrogen) atoms. The van der Waals surface area contributed by atoms with Gasteiger partial charge in [0.15, 0.2) is 14.7 Å². The van der Waals surface area contributed by atoms with E-state index in [0.29, 0.717) is 0 Å². The molecule has 0 aliphatic carbocycles. The minimum atomic E-state index is -1.22. The maximum Gasteiger partial charge on any atom is 0.166 e. The second-order valence-corrected chi connectivity index (χ2v) is 13.8. The van der Waals surface area contributed by atoms with E-state index in [-0.39, 0.29) is 10.9 Å². The van der Waals surface area contributed by atoms with Crippen LogP contribution in [0.4, 0.5) is 0 Å². The second kappa shape index (κ2) is 14.8. The first kappa shape index (κ1) is 31.0. The van der Waals surface area contributed by atoms with Crippen molar-refractivity contribution in [2.75, 3.05) is 0 Å². The molecule has 0 aliphatic rings. The third kappa shape index (κ3) is 6.78. The molecule has 0 aliphatic heterocycles. The van der Waals surface area contributed by atoms with E-state index in [1.54, 1.807) is 0 Å². The van der Waals surface area contributed by atoms with Gasteiger partial charge in [0.05, 0.1) is 10.9 Å². The molecule has 0 atom stereocenters. The maximum absolute atomic E-state index is 2.26. The summed E-state index contributed by atoms with van der Waals surface area (Å²) in [5, 5.41) is 0. The first-order chi connectivity index (χ1) is 22.7. The van der Waals surface area contributed by atoms with Crippen LogP contribution >= 0.6 is 0 Å². The van der Waals surface area contributed by atoms with E-state index in [0.717, 1.165) is 0 Å². The van der Waals surface area contributed by atoms with Crippen LogP contribution in [0.15, 0.2) is 215 Å². The smallest absolute Gasteiger partial charge is 0.166 e. The second-order valence-electron chi connectivity index (χ2n) is 11.8. The molecule has 0 fully saturated rings. The Morgan fingerprint density at radius 1 is 0.283 bits per heavy atom. The molecule has 0 bridgehead atoms. The largest absolute Gasteiger partial charge is 0.195 e. The van der Waals surface area contributed by atoms with Crippen LogP contribution in [0.2, 0.25) is 0 Å². The molecule has 224 valence electrons. The Morgan fingerprint density at radius 2 is 0.522 bits per heavy atom. The summed E-state index contributed by atoms with van der Waals surface area (Å²) >= 11 is 0. The average Bonchev–Trinajstić information content (AvgIpc) is 3.13. The fraction of sp³-hybridized carbons (Fsp3) is 0.0455. The van der Waals surface area contributed by atoms with Gasteiger partial charge in [-0.25, -0.2) is 0 Å². The third-order valence-electron chi connectivity index (χ3n) is 8.69. The lowest BCUT2D eigenvalue weighted by Crippen LogP contribution is -2.74. The molecule has 0 N–H and O–H groups in total. The summed E-state index contributed by atoms with van der Waals surface area (Å²) in [7, 11) is -0.0312. The summed E-state index contributed by atoms with van der Waals surface area (Å²) in [6.07, 6.45) is -1.22. The molecule has 0 saturated heterocycles. The molecule has 0 heterocycles. The molecule has 0 nitrogen and oxygen atoms in total. The van der Waals surface area contributed by atoms with Crippen molar-refractivity contribution in [3.8, 4) is 0 Å². The average molecular weight is 611 g/mol. The van der Waals surface area contributed by atoms with Gasteiger partial charge in [0.1, 0.15) is 6.15 Å². The van der Waals surface area contributed by atoms with E-state index in [1.165, 1.54) is 47.7 Å². The number of hydrogen-bond acceptors (Lipinski definition) is 0. The zero-order valence-electron chi connectivity index (χ0n) is 26.5. The van der Waals surface area contributed by atoms with Crippen LogP contribution in [0.25, 0.3) is 0 Å². The lowest BCUT2D eigenvalue weighted by Gasteiger charge is -2.44. The predicted molar refractivity (Wildman–Crippen MR) is 201 cm³/mol. The summed E-state index contributed by atoms with van der Waals surface area (Å²) in [5.41, 5.74) is 7.97. The summed E-state index contributed by atoms with van der Waals surface area (Å²) in [4.78, 5) is 4.11. The zero-order valence-corrected chi connectivity index (χ0v) is 27.4. The van der Waals surface area contributed by atoms with Crippen molar-refractivity contribution < 1.29 is 0 Å². The Balaban J connectivity index is 0.000000164. The Hall–Kier alpha value is -5.05. The van der Waals surface area contributed by atoms with Crippen LogP contribution in [0.3, 0.4) is 0 Å². The van der Waals surface area contributed by atoms with Crippen molar-refractivity contribution in [2.45, 2.75) is 28.5 Å². The molecule has 0 aromatic heterocycles. The SMILES string of the molecule is Cc1ccc([S+](c2ccccc2)c2ccc(C)cc2)cc1.c1ccc([B-](c2ccccc2)(c2ccccc2)c2ccccc2)cc1. The van der Waals surface area contributed by atoms with Gasteiger partial charge in [-0.15, -0.1) is 0 Å². The van der Waals surface area contributed by atoms with Crippen molar-refractivity contribution >= 4 is 38.9 Å². The Kier molecular flexibility index (Phi) is 9.98.